The molecule has 31 heavy (non-hydrogen) atoms. The maximum atomic E-state index is 13.2. The van der Waals surface area contributed by atoms with Crippen molar-refractivity contribution < 1.29 is 8.42 Å². The Labute approximate surface area is 182 Å². The second-order valence-corrected chi connectivity index (χ2v) is 9.51. The first-order valence-electron chi connectivity index (χ1n) is 10.4. The van der Waals surface area contributed by atoms with Crippen LogP contribution in [0.2, 0.25) is 0 Å². The van der Waals surface area contributed by atoms with Crippen LogP contribution in [0, 0.1) is 11.3 Å². The molecular formula is C24H24N4O2S. The highest BCUT2D eigenvalue weighted by Gasteiger charge is 2.29. The van der Waals surface area contributed by atoms with E-state index >= 15 is 0 Å². The zero-order valence-corrected chi connectivity index (χ0v) is 18.1. The van der Waals surface area contributed by atoms with Crippen molar-refractivity contribution in [3.63, 3.8) is 0 Å². The lowest BCUT2D eigenvalue weighted by Gasteiger charge is -2.27. The number of pyridine rings is 1. The van der Waals surface area contributed by atoms with Crippen molar-refractivity contribution in [3.05, 3.63) is 71.9 Å². The zero-order valence-electron chi connectivity index (χ0n) is 17.2. The van der Waals surface area contributed by atoms with Crippen LogP contribution in [0.1, 0.15) is 30.4 Å². The van der Waals surface area contributed by atoms with E-state index in [2.05, 4.69) is 11.1 Å². The number of aliphatic imine (C=N–C) groups is 1. The molecule has 7 heteroatoms. The molecular weight excluding hydrogens is 408 g/mol. The zero-order chi connectivity index (χ0) is 21.7. The van der Waals surface area contributed by atoms with E-state index in [1.165, 1.54) is 0 Å². The minimum absolute atomic E-state index is 0.269. The molecule has 6 nitrogen and oxygen atoms in total. The van der Waals surface area contributed by atoms with Gasteiger partial charge < -0.3 is 0 Å². The van der Waals surface area contributed by atoms with E-state index in [0.717, 1.165) is 29.5 Å². The Bertz CT molecular complexity index is 1250. The van der Waals surface area contributed by atoms with E-state index in [1.54, 1.807) is 28.7 Å². The number of piperidine rings is 1. The van der Waals surface area contributed by atoms with E-state index in [4.69, 9.17) is 10.3 Å². The summed E-state index contributed by atoms with van der Waals surface area (Å²) in [5.41, 5.74) is 3.42. The van der Waals surface area contributed by atoms with E-state index in [0.29, 0.717) is 43.6 Å². The Balaban J connectivity index is 1.35. The average molecular weight is 433 g/mol. The quantitative estimate of drug-likeness (QED) is 0.552. The monoisotopic (exact) mass is 432 g/mol. The van der Waals surface area contributed by atoms with Crippen LogP contribution in [0.4, 0.5) is 0 Å². The molecule has 0 aliphatic carbocycles. The number of nitriles is 1. The Morgan fingerprint density at radius 2 is 1.84 bits per heavy atom. The molecule has 4 rings (SSSR count). The Kier molecular flexibility index (Phi) is 6.40. The van der Waals surface area contributed by atoms with Crippen molar-refractivity contribution in [3.8, 4) is 6.07 Å². The predicted octanol–water partition coefficient (Wildman–Crippen LogP) is 3.96. The summed E-state index contributed by atoms with van der Waals surface area (Å²) in [5.74, 6) is 0. The van der Waals surface area contributed by atoms with Crippen molar-refractivity contribution >= 4 is 26.6 Å². The number of fused-ring (bicyclic) bond motifs is 1. The van der Waals surface area contributed by atoms with E-state index < -0.39 is 10.0 Å². The lowest BCUT2D eigenvalue weighted by atomic mass is 10.1. The molecule has 0 spiro atoms. The molecule has 0 saturated carbocycles. The molecule has 2 heterocycles. The summed E-state index contributed by atoms with van der Waals surface area (Å²) in [6, 6.07) is 18.8. The molecule has 1 saturated heterocycles. The van der Waals surface area contributed by atoms with Crippen LogP contribution >= 0.6 is 0 Å². The normalized spacial score (nSPS) is 15.0. The van der Waals surface area contributed by atoms with Gasteiger partial charge in [0.25, 0.3) is 0 Å². The molecule has 0 bridgehead atoms. The molecule has 0 radical (unpaired) electrons. The second kappa shape index (κ2) is 9.38. The van der Waals surface area contributed by atoms with Gasteiger partial charge >= 0.3 is 0 Å². The fraction of sp³-hybridized carbons (Fsp3) is 0.292. The molecule has 1 aliphatic rings. The van der Waals surface area contributed by atoms with Crippen LogP contribution in [-0.4, -0.2) is 43.1 Å². The number of sulfonamides is 1. The summed E-state index contributed by atoms with van der Waals surface area (Å²) >= 11 is 0. The summed E-state index contributed by atoms with van der Waals surface area (Å²) in [4.78, 5) is 9.26. The molecule has 3 aromatic rings. The maximum Gasteiger partial charge on any atom is 0.245 e. The van der Waals surface area contributed by atoms with Crippen molar-refractivity contribution in [2.75, 3.05) is 19.6 Å². The first kappa shape index (κ1) is 21.2. The highest BCUT2D eigenvalue weighted by molar-refractivity contribution is 7.89. The molecule has 0 unspecified atom stereocenters. The van der Waals surface area contributed by atoms with Crippen LogP contribution in [-0.2, 0) is 16.4 Å². The van der Waals surface area contributed by atoms with Gasteiger partial charge in [0.2, 0.25) is 10.0 Å². The van der Waals surface area contributed by atoms with Gasteiger partial charge in [0.15, 0.2) is 0 Å². The van der Waals surface area contributed by atoms with Gasteiger partial charge in [0.05, 0.1) is 17.1 Å². The number of aryl methyl sites for hydroxylation is 1. The number of rotatable bonds is 6. The summed E-state index contributed by atoms with van der Waals surface area (Å²) in [5, 5.41) is 9.81. The minimum atomic E-state index is -3.59. The fourth-order valence-corrected chi connectivity index (χ4v) is 5.49. The maximum absolute atomic E-state index is 13.2. The van der Waals surface area contributed by atoms with Gasteiger partial charge in [0, 0.05) is 36.9 Å². The summed E-state index contributed by atoms with van der Waals surface area (Å²) in [6.07, 6.45) is 4.71. The molecule has 1 aliphatic heterocycles. The molecule has 1 fully saturated rings. The van der Waals surface area contributed by atoms with E-state index in [9.17, 15) is 8.42 Å². The number of aromatic nitrogens is 1. The predicted molar refractivity (Wildman–Crippen MR) is 122 cm³/mol. The Morgan fingerprint density at radius 1 is 1.06 bits per heavy atom. The van der Waals surface area contributed by atoms with Gasteiger partial charge in [-0.25, -0.2) is 8.42 Å². The third-order valence-corrected chi connectivity index (χ3v) is 7.46. The van der Waals surface area contributed by atoms with E-state index in [1.807, 2.05) is 36.4 Å². The average Bonchev–Trinajstić information content (AvgIpc) is 2.82. The molecule has 0 N–H and O–H groups in total. The van der Waals surface area contributed by atoms with Crippen molar-refractivity contribution in [2.45, 2.75) is 30.6 Å². The van der Waals surface area contributed by atoms with Crippen molar-refractivity contribution in [2.24, 2.45) is 4.99 Å². The highest BCUT2D eigenvalue weighted by Crippen LogP contribution is 2.25. The third kappa shape index (κ3) is 4.82. The first-order valence-corrected chi connectivity index (χ1v) is 11.9. The number of benzene rings is 2. The lowest BCUT2D eigenvalue weighted by Crippen LogP contribution is -2.38. The third-order valence-electron chi connectivity index (χ3n) is 5.53. The van der Waals surface area contributed by atoms with Crippen LogP contribution in [0.5, 0.6) is 0 Å². The van der Waals surface area contributed by atoms with Crippen LogP contribution in [0.25, 0.3) is 10.9 Å². The van der Waals surface area contributed by atoms with Crippen LogP contribution in [0.15, 0.2) is 70.7 Å². The van der Waals surface area contributed by atoms with Gasteiger partial charge in [-0.15, -0.1) is 0 Å². The lowest BCUT2D eigenvalue weighted by molar-refractivity contribution is 0.411. The van der Waals surface area contributed by atoms with Gasteiger partial charge in [0.1, 0.15) is 4.90 Å². The standard InChI is InChI=1S/C24H24N4O2S/c25-18-20-6-1-5-19(17-20)7-3-13-26-22-11-15-28(16-12-22)31(29,30)23-10-2-8-21-9-4-14-27-24(21)23/h1-2,4-6,8-10,14,17H,3,7,11-13,15-16H2. The summed E-state index contributed by atoms with van der Waals surface area (Å²) in [6.45, 7) is 1.59. The van der Waals surface area contributed by atoms with Crippen molar-refractivity contribution in [1.82, 2.24) is 9.29 Å². The summed E-state index contributed by atoms with van der Waals surface area (Å²) < 4.78 is 27.9. The number of hydrogen-bond acceptors (Lipinski definition) is 5. The molecule has 0 amide bonds. The summed E-state index contributed by atoms with van der Waals surface area (Å²) in [7, 11) is -3.59. The highest BCUT2D eigenvalue weighted by atomic mass is 32.2. The van der Waals surface area contributed by atoms with Crippen LogP contribution in [0.3, 0.4) is 0 Å². The van der Waals surface area contributed by atoms with Crippen LogP contribution < -0.4 is 0 Å². The first-order chi connectivity index (χ1) is 15.1. The van der Waals surface area contributed by atoms with Gasteiger partial charge in [-0.2, -0.15) is 9.57 Å². The van der Waals surface area contributed by atoms with Gasteiger partial charge in [-0.05, 0) is 55.5 Å². The second-order valence-electron chi connectivity index (χ2n) is 7.60. The molecule has 2 aromatic carbocycles. The molecule has 1 aromatic heterocycles. The van der Waals surface area contributed by atoms with Gasteiger partial charge in [-0.1, -0.05) is 30.3 Å². The fourth-order valence-electron chi connectivity index (χ4n) is 3.88. The topological polar surface area (TPSA) is 86.4 Å². The Morgan fingerprint density at radius 3 is 2.65 bits per heavy atom. The SMILES string of the molecule is N#Cc1cccc(CCCN=C2CCN(S(=O)(=O)c3cccc4cccnc34)CC2)c1. The van der Waals surface area contributed by atoms with E-state index in [-0.39, 0.29) is 4.90 Å². The smallest absolute Gasteiger partial charge is 0.245 e. The molecule has 158 valence electrons. The molecule has 0 atom stereocenters. The van der Waals surface area contributed by atoms with Crippen molar-refractivity contribution in [1.29, 1.82) is 5.26 Å². The number of hydrogen-bond donors (Lipinski definition) is 0. The van der Waals surface area contributed by atoms with Gasteiger partial charge in [-0.3, -0.25) is 9.98 Å². The number of para-hydroxylation sites is 1. The number of nitrogens with zero attached hydrogens (tertiary/aromatic N) is 4. The minimum Gasteiger partial charge on any atom is -0.294 e. The Hall–Kier alpha value is -3.08. The largest absolute Gasteiger partial charge is 0.294 e.